The lowest BCUT2D eigenvalue weighted by Gasteiger charge is -2.20. The van der Waals surface area contributed by atoms with Crippen LogP contribution < -0.4 is 10.2 Å². The van der Waals surface area contributed by atoms with Crippen molar-refractivity contribution in [3.63, 3.8) is 0 Å². The van der Waals surface area contributed by atoms with Gasteiger partial charge in [-0.15, -0.1) is 11.3 Å². The molecule has 1 fully saturated rings. The summed E-state index contributed by atoms with van der Waals surface area (Å²) in [4.78, 5) is 22.3. The second kappa shape index (κ2) is 5.27. The molecule has 4 heterocycles. The minimum absolute atomic E-state index is 0.0396. The first-order chi connectivity index (χ1) is 11.2. The molecule has 0 aromatic carbocycles. The van der Waals surface area contributed by atoms with E-state index in [0.717, 1.165) is 5.52 Å². The van der Waals surface area contributed by atoms with Crippen LogP contribution in [0.5, 0.6) is 0 Å². The maximum atomic E-state index is 15.0. The van der Waals surface area contributed by atoms with Crippen LogP contribution in [0.3, 0.4) is 0 Å². The molecule has 7 nitrogen and oxygen atoms in total. The van der Waals surface area contributed by atoms with Crippen LogP contribution in [-0.2, 0) is 4.79 Å². The molecule has 1 aliphatic heterocycles. The monoisotopic (exact) mass is 332 g/mol. The van der Waals surface area contributed by atoms with Crippen LogP contribution in [0.1, 0.15) is 6.42 Å². The lowest BCUT2D eigenvalue weighted by molar-refractivity contribution is -0.126. The van der Waals surface area contributed by atoms with Gasteiger partial charge in [-0.25, -0.2) is 18.9 Å². The van der Waals surface area contributed by atoms with Crippen molar-refractivity contribution in [1.29, 1.82) is 0 Å². The van der Waals surface area contributed by atoms with Crippen LogP contribution in [0.4, 0.5) is 15.3 Å². The van der Waals surface area contributed by atoms with Gasteiger partial charge in [0.05, 0.1) is 12.7 Å². The molecular weight excluding hydrogens is 319 g/mol. The van der Waals surface area contributed by atoms with E-state index in [1.54, 1.807) is 39.6 Å². The Morgan fingerprint density at radius 3 is 3.09 bits per heavy atom. The summed E-state index contributed by atoms with van der Waals surface area (Å²) in [6, 6.07) is 1.82. The quantitative estimate of drug-likeness (QED) is 0.791. The SMILES string of the molecule is O=C(Nc1nccs1)C1(F)CCN(c2nccn3nccc23)C1. The minimum atomic E-state index is -1.96. The van der Waals surface area contributed by atoms with E-state index in [1.807, 2.05) is 6.07 Å². The first-order valence-corrected chi connectivity index (χ1v) is 7.97. The highest BCUT2D eigenvalue weighted by molar-refractivity contribution is 7.13. The number of hydrogen-bond donors (Lipinski definition) is 1. The molecule has 0 saturated carbocycles. The van der Waals surface area contributed by atoms with Gasteiger partial charge in [-0.3, -0.25) is 10.1 Å². The Bertz CT molecular complexity index is 850. The topological polar surface area (TPSA) is 75.4 Å². The van der Waals surface area contributed by atoms with Crippen molar-refractivity contribution in [3.8, 4) is 0 Å². The normalized spacial score (nSPS) is 21.0. The first-order valence-electron chi connectivity index (χ1n) is 7.09. The number of carbonyl (C=O) groups is 1. The van der Waals surface area contributed by atoms with Gasteiger partial charge in [0.2, 0.25) is 5.67 Å². The number of hydrogen-bond acceptors (Lipinski definition) is 6. The number of amides is 1. The fraction of sp³-hybridized carbons (Fsp3) is 0.286. The number of anilines is 2. The Balaban J connectivity index is 1.56. The van der Waals surface area contributed by atoms with Gasteiger partial charge < -0.3 is 4.90 Å². The van der Waals surface area contributed by atoms with Crippen molar-refractivity contribution in [3.05, 3.63) is 36.2 Å². The maximum absolute atomic E-state index is 15.0. The summed E-state index contributed by atoms with van der Waals surface area (Å²) in [5.74, 6) is -0.0259. The predicted octanol–water partition coefficient (Wildman–Crippen LogP) is 1.74. The molecule has 3 aromatic rings. The van der Waals surface area contributed by atoms with Crippen LogP contribution in [0.25, 0.3) is 5.52 Å². The number of nitrogens with zero attached hydrogens (tertiary/aromatic N) is 5. The minimum Gasteiger partial charge on any atom is -0.351 e. The molecule has 0 radical (unpaired) electrons. The summed E-state index contributed by atoms with van der Waals surface area (Å²) in [6.07, 6.45) is 6.68. The van der Waals surface area contributed by atoms with Gasteiger partial charge in [-0.05, 0) is 6.07 Å². The molecular formula is C14H13FN6OS. The van der Waals surface area contributed by atoms with Crippen molar-refractivity contribution in [2.75, 3.05) is 23.3 Å². The summed E-state index contributed by atoms with van der Waals surface area (Å²) in [5.41, 5.74) is -1.17. The number of nitrogens with one attached hydrogen (secondary N) is 1. The third-order valence-corrected chi connectivity index (χ3v) is 4.57. The summed E-state index contributed by atoms with van der Waals surface area (Å²) >= 11 is 1.26. The first kappa shape index (κ1) is 14.1. The van der Waals surface area contributed by atoms with E-state index >= 15 is 4.39 Å². The number of aromatic nitrogens is 4. The van der Waals surface area contributed by atoms with E-state index in [4.69, 9.17) is 0 Å². The lowest BCUT2D eigenvalue weighted by Crippen LogP contribution is -2.41. The average Bonchev–Trinajstić information content (AvgIpc) is 3.26. The van der Waals surface area contributed by atoms with Crippen molar-refractivity contribution in [2.45, 2.75) is 12.1 Å². The van der Waals surface area contributed by atoms with Crippen LogP contribution in [0.2, 0.25) is 0 Å². The zero-order chi connectivity index (χ0) is 15.9. The molecule has 1 unspecified atom stereocenters. The molecule has 3 aromatic heterocycles. The standard InChI is InChI=1S/C14H13FN6OS/c15-14(12(22)19-13-17-5-8-23-13)2-6-20(9-14)11-10-1-3-18-21(10)7-4-16-11/h1,3-5,7-8H,2,6,9H2,(H,17,19,22). The number of thiazole rings is 1. The fourth-order valence-corrected chi connectivity index (χ4v) is 3.24. The molecule has 1 aliphatic rings. The fourth-order valence-electron chi connectivity index (χ4n) is 2.72. The van der Waals surface area contributed by atoms with Crippen LogP contribution in [0.15, 0.2) is 36.2 Å². The highest BCUT2D eigenvalue weighted by Gasteiger charge is 2.46. The van der Waals surface area contributed by atoms with Gasteiger partial charge in [0.1, 0.15) is 5.52 Å². The average molecular weight is 332 g/mol. The molecule has 23 heavy (non-hydrogen) atoms. The van der Waals surface area contributed by atoms with E-state index in [2.05, 4.69) is 20.4 Å². The van der Waals surface area contributed by atoms with E-state index in [-0.39, 0.29) is 13.0 Å². The van der Waals surface area contributed by atoms with Gasteiger partial charge in [0.15, 0.2) is 10.9 Å². The van der Waals surface area contributed by atoms with Gasteiger partial charge >= 0.3 is 0 Å². The molecule has 118 valence electrons. The molecule has 1 atom stereocenters. The number of fused-ring (bicyclic) bond motifs is 1. The number of halogens is 1. The van der Waals surface area contributed by atoms with Crippen LogP contribution in [0, 0.1) is 0 Å². The summed E-state index contributed by atoms with van der Waals surface area (Å²) in [5, 5.41) is 8.81. The molecule has 0 bridgehead atoms. The molecule has 1 N–H and O–H groups in total. The maximum Gasteiger partial charge on any atom is 0.265 e. The molecule has 0 spiro atoms. The largest absolute Gasteiger partial charge is 0.351 e. The van der Waals surface area contributed by atoms with E-state index in [9.17, 15) is 4.79 Å². The van der Waals surface area contributed by atoms with E-state index < -0.39 is 11.6 Å². The van der Waals surface area contributed by atoms with Crippen molar-refractivity contribution >= 4 is 33.7 Å². The third kappa shape index (κ3) is 2.42. The second-order valence-corrected chi connectivity index (χ2v) is 6.23. The van der Waals surface area contributed by atoms with E-state index in [0.29, 0.717) is 17.5 Å². The molecule has 1 saturated heterocycles. The second-order valence-electron chi connectivity index (χ2n) is 5.34. The number of alkyl halides is 1. The highest BCUT2D eigenvalue weighted by atomic mass is 32.1. The lowest BCUT2D eigenvalue weighted by atomic mass is 10.1. The number of carbonyl (C=O) groups excluding carboxylic acids is 1. The third-order valence-electron chi connectivity index (χ3n) is 3.88. The molecule has 4 rings (SSSR count). The van der Waals surface area contributed by atoms with Gasteiger partial charge in [-0.2, -0.15) is 5.10 Å². The summed E-state index contributed by atoms with van der Waals surface area (Å²) < 4.78 is 16.7. The van der Waals surface area contributed by atoms with Gasteiger partial charge in [0, 0.05) is 36.9 Å². The molecule has 0 aliphatic carbocycles. The van der Waals surface area contributed by atoms with Crippen molar-refractivity contribution in [1.82, 2.24) is 19.6 Å². The molecule has 9 heteroatoms. The van der Waals surface area contributed by atoms with Crippen molar-refractivity contribution < 1.29 is 9.18 Å². The van der Waals surface area contributed by atoms with Crippen LogP contribution >= 0.6 is 11.3 Å². The number of rotatable bonds is 3. The van der Waals surface area contributed by atoms with Crippen LogP contribution in [-0.4, -0.2) is 44.2 Å². The Kier molecular flexibility index (Phi) is 3.22. The van der Waals surface area contributed by atoms with Gasteiger partial charge in [0.25, 0.3) is 5.91 Å². The smallest absolute Gasteiger partial charge is 0.265 e. The predicted molar refractivity (Wildman–Crippen MR) is 84.4 cm³/mol. The summed E-state index contributed by atoms with van der Waals surface area (Å²) in [6.45, 7) is 0.377. The molecule has 1 amide bonds. The zero-order valence-corrected chi connectivity index (χ0v) is 12.8. The Hall–Kier alpha value is -2.55. The Morgan fingerprint density at radius 2 is 2.26 bits per heavy atom. The highest BCUT2D eigenvalue weighted by Crippen LogP contribution is 2.32. The Labute approximate surface area is 134 Å². The Morgan fingerprint density at radius 1 is 1.35 bits per heavy atom. The van der Waals surface area contributed by atoms with Gasteiger partial charge in [-0.1, -0.05) is 0 Å². The van der Waals surface area contributed by atoms with E-state index in [1.165, 1.54) is 11.3 Å². The zero-order valence-electron chi connectivity index (χ0n) is 12.0. The summed E-state index contributed by atoms with van der Waals surface area (Å²) in [7, 11) is 0. The van der Waals surface area contributed by atoms with Crippen molar-refractivity contribution in [2.24, 2.45) is 0 Å².